The number of hydrogen-bond acceptors (Lipinski definition) is 4. The first kappa shape index (κ1) is 24.4. The molecule has 0 spiro atoms. The molecule has 0 heterocycles. The quantitative estimate of drug-likeness (QED) is 0.483. The fourth-order valence-corrected chi connectivity index (χ4v) is 3.75. The largest absolute Gasteiger partial charge is 0.374 e. The van der Waals surface area contributed by atoms with E-state index in [9.17, 15) is 9.59 Å². The lowest BCUT2D eigenvalue weighted by molar-refractivity contribution is -0.123. The molecule has 2 amide bonds. The molecule has 0 fully saturated rings. The lowest BCUT2D eigenvalue weighted by atomic mass is 10.1. The Bertz CT molecular complexity index is 845. The molecule has 7 heteroatoms. The number of hydrogen-bond donors (Lipinski definition) is 2. The first-order chi connectivity index (χ1) is 14.4. The van der Waals surface area contributed by atoms with Gasteiger partial charge in [-0.1, -0.05) is 36.4 Å². The van der Waals surface area contributed by atoms with Crippen LogP contribution in [0.3, 0.4) is 0 Å². The molecule has 2 aromatic carbocycles. The van der Waals surface area contributed by atoms with Crippen LogP contribution in [0.25, 0.3) is 0 Å². The molecule has 0 radical (unpaired) electrons. The van der Waals surface area contributed by atoms with E-state index < -0.39 is 6.04 Å². The molecule has 2 N–H and O–H groups in total. The standard InChI is InChI=1S/C23H29BrN2O3S/c1-16(2)29-15-18-9-5-4-8-17(18)14-25-23(28)21(12-13-30-3)26-22(27)19-10-6-7-11-20(19)24/h4-11,16,21H,12-15H2,1-3H3,(H,25,28)(H,26,27). The normalized spacial score (nSPS) is 11.9. The van der Waals surface area contributed by atoms with Crippen molar-refractivity contribution in [1.82, 2.24) is 10.6 Å². The van der Waals surface area contributed by atoms with E-state index in [-0.39, 0.29) is 17.9 Å². The molecule has 5 nitrogen and oxygen atoms in total. The van der Waals surface area contributed by atoms with E-state index in [4.69, 9.17) is 4.74 Å². The third-order valence-electron chi connectivity index (χ3n) is 4.49. The monoisotopic (exact) mass is 492 g/mol. The van der Waals surface area contributed by atoms with Crippen molar-refractivity contribution >= 4 is 39.5 Å². The second kappa shape index (κ2) is 12.8. The molecular formula is C23H29BrN2O3S. The highest BCUT2D eigenvalue weighted by molar-refractivity contribution is 9.10. The third kappa shape index (κ3) is 7.78. The summed E-state index contributed by atoms with van der Waals surface area (Å²) in [7, 11) is 0. The van der Waals surface area contributed by atoms with Crippen LogP contribution < -0.4 is 10.6 Å². The maximum Gasteiger partial charge on any atom is 0.253 e. The molecule has 1 atom stereocenters. The summed E-state index contributed by atoms with van der Waals surface area (Å²) in [6.45, 7) is 4.87. The Morgan fingerprint density at radius 3 is 2.40 bits per heavy atom. The minimum absolute atomic E-state index is 0.135. The first-order valence-electron chi connectivity index (χ1n) is 9.92. The number of ether oxygens (including phenoxy) is 1. The van der Waals surface area contributed by atoms with Crippen LogP contribution in [0.1, 0.15) is 41.8 Å². The molecule has 2 rings (SSSR count). The highest BCUT2D eigenvalue weighted by Gasteiger charge is 2.22. The van der Waals surface area contributed by atoms with E-state index >= 15 is 0 Å². The average molecular weight is 493 g/mol. The predicted octanol–water partition coefficient (Wildman–Crippen LogP) is 4.54. The SMILES string of the molecule is CSCCC(NC(=O)c1ccccc1Br)C(=O)NCc1ccccc1COC(C)C. The van der Waals surface area contributed by atoms with Gasteiger partial charge in [-0.25, -0.2) is 0 Å². The molecule has 0 saturated carbocycles. The van der Waals surface area contributed by atoms with Gasteiger partial charge in [0.2, 0.25) is 5.91 Å². The van der Waals surface area contributed by atoms with E-state index in [1.807, 2.05) is 56.5 Å². The Hall–Kier alpha value is -1.83. The summed E-state index contributed by atoms with van der Waals surface area (Å²) in [5.41, 5.74) is 2.56. The van der Waals surface area contributed by atoms with Crippen molar-refractivity contribution in [2.24, 2.45) is 0 Å². The zero-order valence-corrected chi connectivity index (χ0v) is 20.0. The van der Waals surface area contributed by atoms with Crippen molar-refractivity contribution in [3.63, 3.8) is 0 Å². The number of benzene rings is 2. The maximum absolute atomic E-state index is 12.9. The van der Waals surface area contributed by atoms with Gasteiger partial charge in [0.1, 0.15) is 6.04 Å². The van der Waals surface area contributed by atoms with Gasteiger partial charge in [-0.2, -0.15) is 11.8 Å². The minimum Gasteiger partial charge on any atom is -0.374 e. The van der Waals surface area contributed by atoms with Crippen molar-refractivity contribution in [3.8, 4) is 0 Å². The summed E-state index contributed by atoms with van der Waals surface area (Å²) in [6, 6.07) is 14.5. The number of amides is 2. The van der Waals surface area contributed by atoms with Gasteiger partial charge in [-0.3, -0.25) is 9.59 Å². The number of nitrogens with one attached hydrogen (secondary N) is 2. The molecule has 0 aliphatic rings. The second-order valence-electron chi connectivity index (χ2n) is 7.13. The van der Waals surface area contributed by atoms with Gasteiger partial charge < -0.3 is 15.4 Å². The summed E-state index contributed by atoms with van der Waals surface area (Å²) in [4.78, 5) is 25.5. The molecule has 30 heavy (non-hydrogen) atoms. The molecular weight excluding hydrogens is 464 g/mol. The van der Waals surface area contributed by atoms with Gasteiger partial charge in [0, 0.05) is 11.0 Å². The molecule has 0 aromatic heterocycles. The van der Waals surface area contributed by atoms with Crippen molar-refractivity contribution in [1.29, 1.82) is 0 Å². The number of thioether (sulfide) groups is 1. The number of rotatable bonds is 11. The van der Waals surface area contributed by atoms with Gasteiger partial charge in [0.15, 0.2) is 0 Å². The van der Waals surface area contributed by atoms with Crippen LogP contribution in [0, 0.1) is 0 Å². The molecule has 1 unspecified atom stereocenters. The van der Waals surface area contributed by atoms with Gasteiger partial charge in [-0.15, -0.1) is 0 Å². The zero-order valence-electron chi connectivity index (χ0n) is 17.6. The summed E-state index contributed by atoms with van der Waals surface area (Å²) in [5.74, 6) is 0.311. The fraction of sp³-hybridized carbons (Fsp3) is 0.391. The van der Waals surface area contributed by atoms with Crippen molar-refractivity contribution in [3.05, 3.63) is 69.7 Å². The summed E-state index contributed by atoms with van der Waals surface area (Å²) in [6.07, 6.45) is 2.67. The Morgan fingerprint density at radius 1 is 1.07 bits per heavy atom. The Balaban J connectivity index is 2.04. The van der Waals surface area contributed by atoms with Crippen molar-refractivity contribution in [2.45, 2.75) is 45.6 Å². The smallest absolute Gasteiger partial charge is 0.253 e. The van der Waals surface area contributed by atoms with E-state index in [0.717, 1.165) is 16.9 Å². The Labute approximate surface area is 191 Å². The van der Waals surface area contributed by atoms with Gasteiger partial charge in [0.05, 0.1) is 18.3 Å². The first-order valence-corrected chi connectivity index (χ1v) is 12.1. The van der Waals surface area contributed by atoms with Crippen LogP contribution in [-0.4, -0.2) is 36.0 Å². The van der Waals surface area contributed by atoms with Crippen LogP contribution in [0.5, 0.6) is 0 Å². The van der Waals surface area contributed by atoms with Crippen molar-refractivity contribution in [2.75, 3.05) is 12.0 Å². The minimum atomic E-state index is -0.601. The summed E-state index contributed by atoms with van der Waals surface area (Å²) in [5, 5.41) is 5.86. The predicted molar refractivity (Wildman–Crippen MR) is 127 cm³/mol. The maximum atomic E-state index is 12.9. The highest BCUT2D eigenvalue weighted by atomic mass is 79.9. The second-order valence-corrected chi connectivity index (χ2v) is 8.97. The van der Waals surface area contributed by atoms with Crippen LogP contribution in [-0.2, 0) is 22.7 Å². The molecule has 162 valence electrons. The van der Waals surface area contributed by atoms with E-state index in [0.29, 0.717) is 29.6 Å². The number of carbonyl (C=O) groups is 2. The van der Waals surface area contributed by atoms with E-state index in [1.54, 1.807) is 23.9 Å². The Kier molecular flexibility index (Phi) is 10.4. The zero-order chi connectivity index (χ0) is 21.9. The average Bonchev–Trinajstić information content (AvgIpc) is 2.74. The van der Waals surface area contributed by atoms with E-state index in [1.165, 1.54) is 0 Å². The van der Waals surface area contributed by atoms with E-state index in [2.05, 4.69) is 26.6 Å². The number of carbonyl (C=O) groups excluding carboxylic acids is 2. The molecule has 2 aromatic rings. The van der Waals surface area contributed by atoms with Gasteiger partial charge in [-0.05, 0) is 71.5 Å². The van der Waals surface area contributed by atoms with Crippen molar-refractivity contribution < 1.29 is 14.3 Å². The topological polar surface area (TPSA) is 67.4 Å². The fourth-order valence-electron chi connectivity index (χ4n) is 2.82. The lowest BCUT2D eigenvalue weighted by Crippen LogP contribution is -2.47. The van der Waals surface area contributed by atoms with Crippen LogP contribution in [0.15, 0.2) is 53.0 Å². The molecule has 0 aliphatic heterocycles. The molecule has 0 bridgehead atoms. The van der Waals surface area contributed by atoms with Crippen LogP contribution >= 0.6 is 27.7 Å². The Morgan fingerprint density at radius 2 is 1.73 bits per heavy atom. The highest BCUT2D eigenvalue weighted by Crippen LogP contribution is 2.16. The summed E-state index contributed by atoms with van der Waals surface area (Å²) < 4.78 is 6.41. The summed E-state index contributed by atoms with van der Waals surface area (Å²) >= 11 is 5.04. The van der Waals surface area contributed by atoms with Gasteiger partial charge >= 0.3 is 0 Å². The number of halogens is 1. The third-order valence-corrected chi connectivity index (χ3v) is 5.83. The lowest BCUT2D eigenvalue weighted by Gasteiger charge is -2.19. The van der Waals surface area contributed by atoms with Crippen LogP contribution in [0.4, 0.5) is 0 Å². The molecule has 0 saturated heterocycles. The van der Waals surface area contributed by atoms with Crippen LogP contribution in [0.2, 0.25) is 0 Å². The van der Waals surface area contributed by atoms with Gasteiger partial charge in [0.25, 0.3) is 5.91 Å². The molecule has 0 aliphatic carbocycles.